The predicted octanol–water partition coefficient (Wildman–Crippen LogP) is 3.63. The van der Waals surface area contributed by atoms with Crippen LogP contribution in [-0.4, -0.2) is 47.0 Å². The van der Waals surface area contributed by atoms with Gasteiger partial charge in [-0.25, -0.2) is 9.97 Å². The first-order valence-electron chi connectivity index (χ1n) is 10.1. The van der Waals surface area contributed by atoms with Gasteiger partial charge in [0.25, 0.3) is 0 Å². The Morgan fingerprint density at radius 3 is 2.61 bits per heavy atom. The highest BCUT2D eigenvalue weighted by Crippen LogP contribution is 2.42. The fourth-order valence-electron chi connectivity index (χ4n) is 4.40. The maximum Gasteiger partial charge on any atom is 0.223 e. The molecule has 3 heterocycles. The lowest BCUT2D eigenvalue weighted by Gasteiger charge is -2.39. The Hall–Kier alpha value is -2.69. The van der Waals surface area contributed by atoms with Crippen molar-refractivity contribution in [3.8, 4) is 0 Å². The second-order valence-electron chi connectivity index (χ2n) is 8.16. The van der Waals surface area contributed by atoms with E-state index in [1.807, 2.05) is 30.0 Å². The van der Waals surface area contributed by atoms with E-state index in [1.165, 1.54) is 5.56 Å². The lowest BCUT2D eigenvalue weighted by atomic mass is 9.77. The molecule has 28 heavy (non-hydrogen) atoms. The molecule has 1 aromatic carbocycles. The van der Waals surface area contributed by atoms with Crippen LogP contribution in [0.4, 0.5) is 5.82 Å². The zero-order valence-corrected chi connectivity index (χ0v) is 16.8. The number of anilines is 1. The quantitative estimate of drug-likeness (QED) is 0.818. The first-order valence-corrected chi connectivity index (χ1v) is 10.1. The number of carbonyl (C=O) groups is 1. The average Bonchev–Trinajstić information content (AvgIpc) is 3.01. The van der Waals surface area contributed by atoms with Gasteiger partial charge in [0.2, 0.25) is 5.91 Å². The highest BCUT2D eigenvalue weighted by Gasteiger charge is 2.44. The van der Waals surface area contributed by atoms with Gasteiger partial charge in [0.05, 0.1) is 0 Å². The van der Waals surface area contributed by atoms with E-state index < -0.39 is 0 Å². The summed E-state index contributed by atoms with van der Waals surface area (Å²) in [5.41, 5.74) is 3.50. The number of rotatable bonds is 4. The molecule has 1 spiro atoms. The molecule has 0 unspecified atom stereocenters. The Kier molecular flexibility index (Phi) is 5.16. The fourth-order valence-corrected chi connectivity index (χ4v) is 4.40. The number of hydrogen-bond donors (Lipinski definition) is 0. The van der Waals surface area contributed by atoms with Crippen LogP contribution >= 0.6 is 0 Å². The third-order valence-corrected chi connectivity index (χ3v) is 6.27. The summed E-state index contributed by atoms with van der Waals surface area (Å²) in [7, 11) is 0. The van der Waals surface area contributed by atoms with Crippen LogP contribution in [0.5, 0.6) is 0 Å². The smallest absolute Gasteiger partial charge is 0.223 e. The maximum atomic E-state index is 12.6. The molecule has 0 N–H and O–H groups in total. The molecule has 0 aliphatic carbocycles. The molecule has 2 aliphatic heterocycles. The van der Waals surface area contributed by atoms with E-state index in [9.17, 15) is 4.79 Å². The van der Waals surface area contributed by atoms with Crippen LogP contribution in [0.25, 0.3) is 6.08 Å². The molecular formula is C23H28N4O. The Balaban J connectivity index is 1.36. The molecule has 0 saturated carbocycles. The molecule has 5 heteroatoms. The number of nitrogens with zero attached hydrogens (tertiary/aromatic N) is 4. The second kappa shape index (κ2) is 7.74. The van der Waals surface area contributed by atoms with Crippen molar-refractivity contribution in [2.24, 2.45) is 5.41 Å². The normalized spacial score (nSPS) is 19.1. The molecule has 0 atom stereocenters. The van der Waals surface area contributed by atoms with Crippen LogP contribution < -0.4 is 4.90 Å². The first kappa shape index (κ1) is 18.7. The van der Waals surface area contributed by atoms with E-state index in [1.54, 1.807) is 6.33 Å². The van der Waals surface area contributed by atoms with E-state index in [2.05, 4.69) is 46.1 Å². The minimum atomic E-state index is 0.129. The van der Waals surface area contributed by atoms with Crippen molar-refractivity contribution in [3.05, 3.63) is 59.6 Å². The number of aryl methyl sites for hydroxylation is 1. The van der Waals surface area contributed by atoms with Gasteiger partial charge in [-0.1, -0.05) is 42.5 Å². The van der Waals surface area contributed by atoms with Crippen LogP contribution in [0.2, 0.25) is 0 Å². The fraction of sp³-hybridized carbons (Fsp3) is 0.435. The van der Waals surface area contributed by atoms with Crippen molar-refractivity contribution in [2.75, 3.05) is 31.1 Å². The Morgan fingerprint density at radius 2 is 1.86 bits per heavy atom. The Morgan fingerprint density at radius 1 is 1.11 bits per heavy atom. The molecule has 2 fully saturated rings. The summed E-state index contributed by atoms with van der Waals surface area (Å²) >= 11 is 0. The van der Waals surface area contributed by atoms with Gasteiger partial charge in [-0.3, -0.25) is 4.79 Å². The number of carbonyl (C=O) groups excluding carboxylic acids is 1. The molecule has 1 amide bonds. The minimum Gasteiger partial charge on any atom is -0.356 e. The van der Waals surface area contributed by atoms with Gasteiger partial charge in [0.1, 0.15) is 12.1 Å². The standard InChI is InChI=1S/C23H28N4O/c1-18-19(2)24-17-25-22(18)26-13-10-23(11-14-26)15-21(28)27(16-23)12-6-9-20-7-4-3-5-8-20/h3-9,17H,10-16H2,1-2H3. The van der Waals surface area contributed by atoms with Gasteiger partial charge in [-0.05, 0) is 32.3 Å². The van der Waals surface area contributed by atoms with E-state index >= 15 is 0 Å². The van der Waals surface area contributed by atoms with Crippen LogP contribution in [-0.2, 0) is 4.79 Å². The van der Waals surface area contributed by atoms with Gasteiger partial charge in [0, 0.05) is 49.3 Å². The summed E-state index contributed by atoms with van der Waals surface area (Å²) in [6, 6.07) is 10.2. The highest BCUT2D eigenvalue weighted by atomic mass is 16.2. The Bertz CT molecular complexity index is 869. The lowest BCUT2D eigenvalue weighted by molar-refractivity contribution is -0.127. The van der Waals surface area contributed by atoms with Gasteiger partial charge in [-0.15, -0.1) is 0 Å². The van der Waals surface area contributed by atoms with Crippen molar-refractivity contribution >= 4 is 17.8 Å². The van der Waals surface area contributed by atoms with Gasteiger partial charge in [-0.2, -0.15) is 0 Å². The predicted molar refractivity (Wildman–Crippen MR) is 112 cm³/mol. The van der Waals surface area contributed by atoms with E-state index in [4.69, 9.17) is 0 Å². The minimum absolute atomic E-state index is 0.129. The third kappa shape index (κ3) is 3.79. The summed E-state index contributed by atoms with van der Waals surface area (Å²) in [5.74, 6) is 1.34. The molecule has 146 valence electrons. The summed E-state index contributed by atoms with van der Waals surface area (Å²) < 4.78 is 0. The highest BCUT2D eigenvalue weighted by molar-refractivity contribution is 5.80. The SMILES string of the molecule is Cc1ncnc(N2CCC3(CC2)CC(=O)N(CC=Cc2ccccc2)C3)c1C. The van der Waals surface area contributed by atoms with Crippen LogP contribution in [0.15, 0.2) is 42.7 Å². The van der Waals surface area contributed by atoms with Crippen LogP contribution in [0.1, 0.15) is 36.1 Å². The number of piperidine rings is 1. The zero-order chi connectivity index (χ0) is 19.6. The molecule has 2 aromatic rings. The maximum absolute atomic E-state index is 12.6. The van der Waals surface area contributed by atoms with Crippen LogP contribution in [0, 0.1) is 19.3 Å². The summed E-state index contributed by atoms with van der Waals surface area (Å²) in [6.45, 7) is 7.61. The Labute approximate surface area is 167 Å². The van der Waals surface area contributed by atoms with Crippen molar-refractivity contribution < 1.29 is 4.79 Å². The number of likely N-dealkylation sites (tertiary alicyclic amines) is 1. The van der Waals surface area contributed by atoms with Crippen molar-refractivity contribution in [2.45, 2.75) is 33.1 Å². The van der Waals surface area contributed by atoms with E-state index in [0.29, 0.717) is 18.9 Å². The number of aromatic nitrogens is 2. The molecular weight excluding hydrogens is 348 g/mol. The zero-order valence-electron chi connectivity index (χ0n) is 16.8. The number of benzene rings is 1. The van der Waals surface area contributed by atoms with E-state index in [0.717, 1.165) is 49.6 Å². The third-order valence-electron chi connectivity index (χ3n) is 6.27. The van der Waals surface area contributed by atoms with Gasteiger partial charge in [0.15, 0.2) is 0 Å². The molecule has 1 aromatic heterocycles. The molecule has 2 saturated heterocycles. The van der Waals surface area contributed by atoms with Crippen molar-refractivity contribution in [1.29, 1.82) is 0 Å². The topological polar surface area (TPSA) is 49.3 Å². The molecule has 2 aliphatic rings. The largest absolute Gasteiger partial charge is 0.356 e. The summed E-state index contributed by atoms with van der Waals surface area (Å²) in [6.07, 6.45) is 8.62. The lowest BCUT2D eigenvalue weighted by Crippen LogP contribution is -2.42. The molecule has 4 rings (SSSR count). The summed E-state index contributed by atoms with van der Waals surface area (Å²) in [5, 5.41) is 0. The molecule has 0 bridgehead atoms. The monoisotopic (exact) mass is 376 g/mol. The van der Waals surface area contributed by atoms with Crippen molar-refractivity contribution in [1.82, 2.24) is 14.9 Å². The number of amides is 1. The van der Waals surface area contributed by atoms with E-state index in [-0.39, 0.29) is 5.41 Å². The van der Waals surface area contributed by atoms with Crippen molar-refractivity contribution in [3.63, 3.8) is 0 Å². The number of hydrogen-bond acceptors (Lipinski definition) is 4. The molecule has 5 nitrogen and oxygen atoms in total. The second-order valence-corrected chi connectivity index (χ2v) is 8.16. The van der Waals surface area contributed by atoms with Crippen LogP contribution in [0.3, 0.4) is 0 Å². The summed E-state index contributed by atoms with van der Waals surface area (Å²) in [4.78, 5) is 25.8. The van der Waals surface area contributed by atoms with Gasteiger partial charge >= 0.3 is 0 Å². The molecule has 0 radical (unpaired) electrons. The average molecular weight is 377 g/mol. The van der Waals surface area contributed by atoms with Gasteiger partial charge < -0.3 is 9.80 Å². The first-order chi connectivity index (χ1) is 13.6.